The van der Waals surface area contributed by atoms with Crippen LogP contribution < -0.4 is 14.2 Å². The monoisotopic (exact) mass is 386 g/mol. The highest BCUT2D eigenvalue weighted by molar-refractivity contribution is 7.97. The number of benzene rings is 2. The molecule has 0 radical (unpaired) electrons. The highest BCUT2D eigenvalue weighted by Crippen LogP contribution is 2.29. The molecule has 0 saturated heterocycles. The highest BCUT2D eigenvalue weighted by atomic mass is 32.2. The summed E-state index contributed by atoms with van der Waals surface area (Å²) in [5, 5.41) is 9.39. The van der Waals surface area contributed by atoms with Gasteiger partial charge in [0.05, 0.1) is 19.4 Å². The molecule has 0 aliphatic carbocycles. The normalized spacial score (nSPS) is 11.6. The lowest BCUT2D eigenvalue weighted by molar-refractivity contribution is 0.311. The SMILES string of the molecule is CCOc1ccc(/C=C(/C#N)S(=O)(=O)Nc2ccc(C)cc2C)cc1OC. The molecule has 0 aliphatic rings. The molecule has 0 spiro atoms. The molecule has 0 aliphatic heterocycles. The van der Waals surface area contributed by atoms with Gasteiger partial charge < -0.3 is 9.47 Å². The van der Waals surface area contributed by atoms with Crippen LogP contribution in [0, 0.1) is 25.2 Å². The number of allylic oxidation sites excluding steroid dienone is 1. The van der Waals surface area contributed by atoms with E-state index in [1.807, 2.05) is 19.9 Å². The van der Waals surface area contributed by atoms with E-state index in [4.69, 9.17) is 9.47 Å². The van der Waals surface area contributed by atoms with Crippen LogP contribution in [0.4, 0.5) is 5.69 Å². The van der Waals surface area contributed by atoms with Gasteiger partial charge in [-0.3, -0.25) is 4.72 Å². The second-order valence-electron chi connectivity index (χ2n) is 5.89. The zero-order chi connectivity index (χ0) is 20.0. The maximum Gasteiger partial charge on any atom is 0.272 e. The standard InChI is InChI=1S/C20H22N2O4S/c1-5-26-19-9-7-16(12-20(19)25-4)11-17(13-21)27(23,24)22-18-8-6-14(2)10-15(18)3/h6-12,22H,5H2,1-4H3/b17-11-. The number of nitrogens with one attached hydrogen (secondary N) is 1. The van der Waals surface area contributed by atoms with Gasteiger partial charge in [0.15, 0.2) is 16.4 Å². The van der Waals surface area contributed by atoms with Crippen molar-refractivity contribution in [3.8, 4) is 17.6 Å². The van der Waals surface area contributed by atoms with Gasteiger partial charge in [-0.05, 0) is 56.2 Å². The van der Waals surface area contributed by atoms with Crippen LogP contribution in [0.3, 0.4) is 0 Å². The van der Waals surface area contributed by atoms with Gasteiger partial charge in [-0.2, -0.15) is 5.26 Å². The first-order chi connectivity index (χ1) is 12.8. The van der Waals surface area contributed by atoms with E-state index in [9.17, 15) is 13.7 Å². The summed E-state index contributed by atoms with van der Waals surface area (Å²) in [6.07, 6.45) is 1.30. The van der Waals surface area contributed by atoms with Crippen LogP contribution in [0.25, 0.3) is 6.08 Å². The fourth-order valence-corrected chi connectivity index (χ4v) is 3.54. The number of hydrogen-bond donors (Lipinski definition) is 1. The Bertz CT molecular complexity index is 1010. The number of ether oxygens (including phenoxy) is 2. The lowest BCUT2D eigenvalue weighted by Gasteiger charge is -2.11. The van der Waals surface area contributed by atoms with Crippen molar-refractivity contribution in [2.75, 3.05) is 18.4 Å². The summed E-state index contributed by atoms with van der Waals surface area (Å²) >= 11 is 0. The van der Waals surface area contributed by atoms with Crippen LogP contribution >= 0.6 is 0 Å². The third-order valence-corrected chi connectivity index (χ3v) is 5.09. The van der Waals surface area contributed by atoms with Crippen molar-refractivity contribution in [2.24, 2.45) is 0 Å². The summed E-state index contributed by atoms with van der Waals surface area (Å²) in [7, 11) is -2.53. The second kappa shape index (κ2) is 8.60. The summed E-state index contributed by atoms with van der Waals surface area (Å²) in [5.41, 5.74) is 2.75. The Labute approximate surface area is 160 Å². The van der Waals surface area contributed by atoms with E-state index in [-0.39, 0.29) is 0 Å². The van der Waals surface area contributed by atoms with Gasteiger partial charge in [-0.1, -0.05) is 23.8 Å². The number of hydrogen-bond acceptors (Lipinski definition) is 5. The van der Waals surface area contributed by atoms with Gasteiger partial charge in [-0.25, -0.2) is 8.42 Å². The van der Waals surface area contributed by atoms with Crippen molar-refractivity contribution in [2.45, 2.75) is 20.8 Å². The molecular formula is C20H22N2O4S. The summed E-state index contributed by atoms with van der Waals surface area (Å²) in [4.78, 5) is -0.395. The van der Waals surface area contributed by atoms with Crippen molar-refractivity contribution in [3.05, 3.63) is 58.0 Å². The molecule has 27 heavy (non-hydrogen) atoms. The van der Waals surface area contributed by atoms with Gasteiger partial charge in [0.25, 0.3) is 10.0 Å². The highest BCUT2D eigenvalue weighted by Gasteiger charge is 2.19. The Kier molecular flexibility index (Phi) is 6.48. The largest absolute Gasteiger partial charge is 0.493 e. The number of nitrogens with zero attached hydrogens (tertiary/aromatic N) is 1. The molecule has 0 saturated carbocycles. The van der Waals surface area contributed by atoms with Gasteiger partial charge in [0, 0.05) is 0 Å². The Morgan fingerprint density at radius 3 is 2.52 bits per heavy atom. The number of aryl methyl sites for hydroxylation is 2. The molecule has 2 aromatic carbocycles. The molecule has 2 rings (SSSR count). The molecular weight excluding hydrogens is 364 g/mol. The third kappa shape index (κ3) is 5.02. The number of methoxy groups -OCH3 is 1. The first-order valence-electron chi connectivity index (χ1n) is 8.33. The van der Waals surface area contributed by atoms with Crippen LogP contribution in [-0.2, 0) is 10.0 Å². The molecule has 0 aromatic heterocycles. The van der Waals surface area contributed by atoms with E-state index in [1.54, 1.807) is 43.3 Å². The summed E-state index contributed by atoms with van der Waals surface area (Å²) in [5.74, 6) is 1.01. The molecule has 0 heterocycles. The lowest BCUT2D eigenvalue weighted by Crippen LogP contribution is -2.15. The smallest absolute Gasteiger partial charge is 0.272 e. The topological polar surface area (TPSA) is 88.4 Å². The number of rotatable bonds is 7. The predicted molar refractivity (Wildman–Crippen MR) is 106 cm³/mol. The molecule has 0 unspecified atom stereocenters. The zero-order valence-corrected chi connectivity index (χ0v) is 16.6. The molecule has 2 aromatic rings. The van der Waals surface area contributed by atoms with E-state index in [0.717, 1.165) is 11.1 Å². The maximum absolute atomic E-state index is 12.6. The van der Waals surface area contributed by atoms with Gasteiger partial charge in [0.2, 0.25) is 0 Å². The quantitative estimate of drug-likeness (QED) is 0.726. The minimum atomic E-state index is -4.02. The van der Waals surface area contributed by atoms with Gasteiger partial charge in [-0.15, -0.1) is 0 Å². The first-order valence-corrected chi connectivity index (χ1v) is 9.81. The number of nitriles is 1. The molecule has 0 fully saturated rings. The Balaban J connectivity index is 2.38. The average Bonchev–Trinajstić information content (AvgIpc) is 2.63. The Morgan fingerprint density at radius 2 is 1.93 bits per heavy atom. The van der Waals surface area contributed by atoms with Crippen LogP contribution in [0.1, 0.15) is 23.6 Å². The summed E-state index contributed by atoms with van der Waals surface area (Å²) in [6, 6.07) is 12.1. The Hall–Kier alpha value is -2.98. The van der Waals surface area contributed by atoms with E-state index >= 15 is 0 Å². The molecule has 0 bridgehead atoms. The summed E-state index contributed by atoms with van der Waals surface area (Å²) in [6.45, 7) is 6.05. The fourth-order valence-electron chi connectivity index (χ4n) is 2.50. The maximum atomic E-state index is 12.6. The molecule has 0 atom stereocenters. The molecule has 0 amide bonds. The van der Waals surface area contributed by atoms with Crippen molar-refractivity contribution in [1.29, 1.82) is 5.26 Å². The molecule has 1 N–H and O–H groups in total. The van der Waals surface area contributed by atoms with Crippen molar-refractivity contribution < 1.29 is 17.9 Å². The number of anilines is 1. The van der Waals surface area contributed by atoms with Crippen molar-refractivity contribution in [1.82, 2.24) is 0 Å². The summed E-state index contributed by atoms with van der Waals surface area (Å²) < 4.78 is 38.4. The minimum Gasteiger partial charge on any atom is -0.493 e. The number of sulfonamides is 1. The van der Waals surface area contributed by atoms with Crippen LogP contribution in [-0.4, -0.2) is 22.1 Å². The third-order valence-electron chi connectivity index (χ3n) is 3.81. The molecule has 6 nitrogen and oxygen atoms in total. The lowest BCUT2D eigenvalue weighted by atomic mass is 10.1. The van der Waals surface area contributed by atoms with Gasteiger partial charge in [0.1, 0.15) is 6.07 Å². The van der Waals surface area contributed by atoms with E-state index in [1.165, 1.54) is 13.2 Å². The van der Waals surface area contributed by atoms with Crippen molar-refractivity contribution in [3.63, 3.8) is 0 Å². The Morgan fingerprint density at radius 1 is 1.19 bits per heavy atom. The van der Waals surface area contributed by atoms with E-state index in [2.05, 4.69) is 4.72 Å². The molecule has 7 heteroatoms. The first kappa shape index (κ1) is 20.3. The van der Waals surface area contributed by atoms with E-state index < -0.39 is 14.9 Å². The molecule has 142 valence electrons. The van der Waals surface area contributed by atoms with E-state index in [0.29, 0.717) is 29.4 Å². The predicted octanol–water partition coefficient (Wildman–Crippen LogP) is 4.02. The van der Waals surface area contributed by atoms with Crippen LogP contribution in [0.2, 0.25) is 0 Å². The van der Waals surface area contributed by atoms with Crippen molar-refractivity contribution >= 4 is 21.8 Å². The zero-order valence-electron chi connectivity index (χ0n) is 15.7. The van der Waals surface area contributed by atoms with Gasteiger partial charge >= 0.3 is 0 Å². The van der Waals surface area contributed by atoms with Crippen LogP contribution in [0.5, 0.6) is 11.5 Å². The fraction of sp³-hybridized carbons (Fsp3) is 0.250. The minimum absolute atomic E-state index is 0.395. The second-order valence-corrected chi connectivity index (χ2v) is 7.54. The van der Waals surface area contributed by atoms with Crippen LogP contribution in [0.15, 0.2) is 41.3 Å². The average molecular weight is 386 g/mol.